The van der Waals surface area contributed by atoms with Gasteiger partial charge in [0.25, 0.3) is 5.69 Å². The summed E-state index contributed by atoms with van der Waals surface area (Å²) in [5.41, 5.74) is 1.86. The molecule has 1 heterocycles. The number of nitrogens with zero attached hydrogens (tertiary/aromatic N) is 3. The maximum Gasteiger partial charge on any atom is 0.292 e. The average molecular weight is 477 g/mol. The Balaban J connectivity index is 1.34. The summed E-state index contributed by atoms with van der Waals surface area (Å²) in [6.45, 7) is 5.94. The zero-order valence-corrected chi connectivity index (χ0v) is 20.5. The van der Waals surface area contributed by atoms with Crippen LogP contribution in [0.5, 0.6) is 0 Å². The maximum atomic E-state index is 12.2. The van der Waals surface area contributed by atoms with Gasteiger partial charge in [0.05, 0.1) is 10.7 Å². The molecule has 1 aromatic rings. The lowest BCUT2D eigenvalue weighted by molar-refractivity contribution is -0.384. The molecule has 4 saturated carbocycles. The highest BCUT2D eigenvalue weighted by molar-refractivity contribution is 7.89. The Morgan fingerprint density at radius 2 is 1.67 bits per heavy atom. The molecule has 0 radical (unpaired) electrons. The fraction of sp³-hybridized carbons (Fsp3) is 0.750. The minimum absolute atomic E-state index is 0.112. The number of piperazine rings is 1. The predicted molar refractivity (Wildman–Crippen MR) is 130 cm³/mol. The van der Waals surface area contributed by atoms with Gasteiger partial charge in [-0.2, -0.15) is 4.31 Å². The van der Waals surface area contributed by atoms with Gasteiger partial charge in [-0.1, -0.05) is 0 Å². The second kappa shape index (κ2) is 8.41. The van der Waals surface area contributed by atoms with Gasteiger partial charge in [-0.15, -0.1) is 0 Å². The number of rotatable bonds is 7. The van der Waals surface area contributed by atoms with Crippen molar-refractivity contribution in [2.24, 2.45) is 23.2 Å². The molecule has 4 aliphatic carbocycles. The molecule has 0 amide bonds. The second-order valence-electron chi connectivity index (χ2n) is 10.9. The Hall–Kier alpha value is -1.87. The first-order valence-corrected chi connectivity index (χ1v) is 14.1. The van der Waals surface area contributed by atoms with Crippen molar-refractivity contribution in [3.8, 4) is 0 Å². The lowest BCUT2D eigenvalue weighted by Gasteiger charge is -2.59. The number of anilines is 2. The van der Waals surface area contributed by atoms with Crippen LogP contribution in [0.25, 0.3) is 0 Å². The molecule has 1 aliphatic heterocycles. The van der Waals surface area contributed by atoms with Gasteiger partial charge in [0.1, 0.15) is 5.69 Å². The highest BCUT2D eigenvalue weighted by atomic mass is 32.2. The molecule has 1 atom stereocenters. The maximum absolute atomic E-state index is 12.2. The van der Waals surface area contributed by atoms with E-state index in [0.29, 0.717) is 31.9 Å². The number of nitro groups is 1. The van der Waals surface area contributed by atoms with E-state index < -0.39 is 10.0 Å². The van der Waals surface area contributed by atoms with Crippen molar-refractivity contribution in [2.75, 3.05) is 42.1 Å². The Bertz CT molecular complexity index is 984. The smallest absolute Gasteiger partial charge is 0.292 e. The van der Waals surface area contributed by atoms with Gasteiger partial charge in [0.2, 0.25) is 10.0 Å². The lowest BCUT2D eigenvalue weighted by Crippen LogP contribution is -2.53. The molecule has 0 aromatic heterocycles. The molecule has 1 unspecified atom stereocenters. The number of hydrogen-bond acceptors (Lipinski definition) is 6. The number of nitrogens with one attached hydrogen (secondary N) is 1. The summed E-state index contributed by atoms with van der Waals surface area (Å²) < 4.78 is 25.9. The summed E-state index contributed by atoms with van der Waals surface area (Å²) in [5, 5.41) is 15.4. The topological polar surface area (TPSA) is 95.8 Å². The minimum Gasteiger partial charge on any atom is -0.376 e. The van der Waals surface area contributed by atoms with Crippen molar-refractivity contribution >= 4 is 27.1 Å². The van der Waals surface area contributed by atoms with E-state index in [1.807, 2.05) is 6.07 Å². The molecule has 4 bridgehead atoms. The fourth-order valence-corrected chi connectivity index (χ4v) is 8.58. The van der Waals surface area contributed by atoms with Crippen LogP contribution >= 0.6 is 0 Å². The Morgan fingerprint density at radius 1 is 1.09 bits per heavy atom. The van der Waals surface area contributed by atoms with Crippen molar-refractivity contribution in [1.29, 1.82) is 0 Å². The molecule has 33 heavy (non-hydrogen) atoms. The summed E-state index contributed by atoms with van der Waals surface area (Å²) in [4.78, 5) is 13.6. The van der Waals surface area contributed by atoms with Crippen LogP contribution in [0.15, 0.2) is 18.2 Å². The third-order valence-electron chi connectivity index (χ3n) is 8.91. The van der Waals surface area contributed by atoms with Gasteiger partial charge >= 0.3 is 0 Å². The van der Waals surface area contributed by atoms with Crippen LogP contribution in [-0.4, -0.2) is 55.6 Å². The largest absolute Gasteiger partial charge is 0.376 e. The third kappa shape index (κ3) is 4.22. The second-order valence-corrected chi connectivity index (χ2v) is 13.1. The normalized spacial score (nSPS) is 32.7. The van der Waals surface area contributed by atoms with E-state index in [0.717, 1.165) is 23.4 Å². The Labute approximate surface area is 196 Å². The van der Waals surface area contributed by atoms with E-state index in [9.17, 15) is 18.5 Å². The summed E-state index contributed by atoms with van der Waals surface area (Å²) in [5.74, 6) is 2.61. The van der Waals surface area contributed by atoms with Crippen molar-refractivity contribution < 1.29 is 13.3 Å². The van der Waals surface area contributed by atoms with Gasteiger partial charge in [0, 0.05) is 44.0 Å². The van der Waals surface area contributed by atoms with Gasteiger partial charge in [-0.3, -0.25) is 10.1 Å². The first-order chi connectivity index (χ1) is 15.7. The van der Waals surface area contributed by atoms with Gasteiger partial charge in [-0.05, 0) is 87.7 Å². The molecule has 8 nitrogen and oxygen atoms in total. The average Bonchev–Trinajstić information content (AvgIpc) is 2.78. The number of benzene rings is 1. The van der Waals surface area contributed by atoms with Crippen molar-refractivity contribution in [3.05, 3.63) is 28.3 Å². The zero-order valence-electron chi connectivity index (χ0n) is 19.7. The quantitative estimate of drug-likeness (QED) is 0.471. The molecular weight excluding hydrogens is 440 g/mol. The molecule has 1 N–H and O–H groups in total. The van der Waals surface area contributed by atoms with Crippen LogP contribution in [0.1, 0.15) is 52.4 Å². The van der Waals surface area contributed by atoms with E-state index in [-0.39, 0.29) is 27.8 Å². The molecule has 182 valence electrons. The number of hydrogen-bond donors (Lipinski definition) is 1. The van der Waals surface area contributed by atoms with E-state index in [2.05, 4.69) is 17.1 Å². The Morgan fingerprint density at radius 3 is 2.18 bits per heavy atom. The molecule has 6 rings (SSSR count). The lowest BCUT2D eigenvalue weighted by atomic mass is 9.48. The van der Waals surface area contributed by atoms with E-state index in [1.165, 1.54) is 38.5 Å². The molecule has 1 saturated heterocycles. The highest BCUT2D eigenvalue weighted by Crippen LogP contribution is 2.61. The van der Waals surface area contributed by atoms with E-state index in [1.54, 1.807) is 23.4 Å². The van der Waals surface area contributed by atoms with E-state index in [4.69, 9.17) is 0 Å². The van der Waals surface area contributed by atoms with Crippen LogP contribution in [-0.2, 0) is 10.0 Å². The minimum atomic E-state index is -3.19. The SMILES string of the molecule is CCS(=O)(=O)N1CCN(c2ccc([N+](=O)[O-])c(NC(C)C34CC5CC(CC(C5)C3)C4)c2)CC1. The number of sulfonamides is 1. The highest BCUT2D eigenvalue weighted by Gasteiger charge is 2.53. The van der Waals surface area contributed by atoms with Crippen LogP contribution in [0.2, 0.25) is 0 Å². The third-order valence-corrected chi connectivity index (χ3v) is 10.8. The predicted octanol–water partition coefficient (Wildman–Crippen LogP) is 4.08. The summed E-state index contributed by atoms with van der Waals surface area (Å²) in [6, 6.07) is 5.48. The van der Waals surface area contributed by atoms with Gasteiger partial charge in [0.15, 0.2) is 0 Å². The van der Waals surface area contributed by atoms with Gasteiger partial charge in [-0.25, -0.2) is 8.42 Å². The molecule has 0 spiro atoms. The van der Waals surface area contributed by atoms with Crippen LogP contribution in [0.4, 0.5) is 17.1 Å². The van der Waals surface area contributed by atoms with E-state index >= 15 is 0 Å². The fourth-order valence-electron chi connectivity index (χ4n) is 7.50. The first-order valence-electron chi connectivity index (χ1n) is 12.5. The van der Waals surface area contributed by atoms with Crippen LogP contribution in [0, 0.1) is 33.3 Å². The standard InChI is InChI=1S/C24H36N4O4S/c1-3-33(31,32)27-8-6-26(7-9-27)21-4-5-23(28(29)30)22(13-21)25-17(2)24-14-18-10-19(15-24)12-20(11-18)16-24/h4-5,13,17-20,25H,3,6-12,14-16H2,1-2H3. The van der Waals surface area contributed by atoms with Crippen molar-refractivity contribution in [2.45, 2.75) is 58.4 Å². The molecular formula is C24H36N4O4S. The van der Waals surface area contributed by atoms with Crippen LogP contribution < -0.4 is 10.2 Å². The summed E-state index contributed by atoms with van der Waals surface area (Å²) >= 11 is 0. The molecule has 5 fully saturated rings. The Kier molecular flexibility index (Phi) is 5.84. The first kappa shape index (κ1) is 22.9. The molecule has 1 aromatic carbocycles. The van der Waals surface area contributed by atoms with Gasteiger partial charge < -0.3 is 10.2 Å². The monoisotopic (exact) mass is 476 g/mol. The number of nitro benzene ring substituents is 1. The van der Waals surface area contributed by atoms with Crippen LogP contribution in [0.3, 0.4) is 0 Å². The summed E-state index contributed by atoms with van der Waals surface area (Å²) in [6.07, 6.45) is 7.86. The summed E-state index contributed by atoms with van der Waals surface area (Å²) in [7, 11) is -3.19. The molecule has 9 heteroatoms. The van der Waals surface area contributed by atoms with Crippen molar-refractivity contribution in [1.82, 2.24) is 4.31 Å². The molecule has 5 aliphatic rings. The zero-order chi connectivity index (χ0) is 23.4. The van der Waals surface area contributed by atoms with Crippen molar-refractivity contribution in [3.63, 3.8) is 0 Å².